The lowest BCUT2D eigenvalue weighted by atomic mass is 9.70. The first-order chi connectivity index (χ1) is 10.3. The predicted octanol–water partition coefficient (Wildman–Crippen LogP) is 3.69. The minimum atomic E-state index is -3.37. The van der Waals surface area contributed by atoms with Gasteiger partial charge in [-0.3, -0.25) is 0 Å². The van der Waals surface area contributed by atoms with Gasteiger partial charge in [0.15, 0.2) is 0 Å². The first-order valence-electron chi connectivity index (χ1n) is 8.39. The summed E-state index contributed by atoms with van der Waals surface area (Å²) in [5, 5.41) is 0. The smallest absolute Gasteiger partial charge is 0.207 e. The van der Waals surface area contributed by atoms with Crippen LogP contribution in [0.5, 0.6) is 0 Å². The van der Waals surface area contributed by atoms with Crippen LogP contribution in [0.15, 0.2) is 29.2 Å². The normalized spacial score (nSPS) is 32.6. The Morgan fingerprint density at radius 1 is 1.14 bits per heavy atom. The maximum absolute atomic E-state index is 13.1. The molecule has 0 aromatic heterocycles. The fourth-order valence-electron chi connectivity index (χ4n) is 4.64. The summed E-state index contributed by atoms with van der Waals surface area (Å²) in [6.07, 6.45) is 2.17. The van der Waals surface area contributed by atoms with E-state index in [1.165, 1.54) is 6.42 Å². The van der Waals surface area contributed by atoms with Crippen LogP contribution in [0.25, 0.3) is 0 Å². The SMILES string of the molecule is Cc1ccc(S(=O)(=O)N2CC3CC(C)C[C@@H]2C3C(C)C)cc1. The zero-order chi connectivity index (χ0) is 16.1. The Morgan fingerprint density at radius 3 is 2.36 bits per heavy atom. The third-order valence-corrected chi connectivity index (χ3v) is 7.42. The number of fused-ring (bicyclic) bond motifs is 2. The number of nitrogens with zero attached hydrogens (tertiary/aromatic N) is 1. The lowest BCUT2D eigenvalue weighted by molar-refractivity contribution is 0.158. The zero-order valence-corrected chi connectivity index (χ0v) is 14.8. The highest BCUT2D eigenvalue weighted by atomic mass is 32.2. The van der Waals surface area contributed by atoms with Gasteiger partial charge in [-0.15, -0.1) is 0 Å². The maximum Gasteiger partial charge on any atom is 0.243 e. The largest absolute Gasteiger partial charge is 0.243 e. The fraction of sp³-hybridized carbons (Fsp3) is 0.667. The maximum atomic E-state index is 13.1. The number of benzene rings is 1. The van der Waals surface area contributed by atoms with Crippen molar-refractivity contribution in [3.63, 3.8) is 0 Å². The number of aryl methyl sites for hydroxylation is 1. The minimum Gasteiger partial charge on any atom is -0.207 e. The fourth-order valence-corrected chi connectivity index (χ4v) is 6.36. The molecule has 0 radical (unpaired) electrons. The van der Waals surface area contributed by atoms with Crippen molar-refractivity contribution in [1.82, 2.24) is 4.31 Å². The van der Waals surface area contributed by atoms with Crippen molar-refractivity contribution < 1.29 is 8.42 Å². The Bertz CT molecular complexity index is 636. The van der Waals surface area contributed by atoms with Crippen molar-refractivity contribution in [3.05, 3.63) is 29.8 Å². The third kappa shape index (κ3) is 2.61. The van der Waals surface area contributed by atoms with Gasteiger partial charge in [0, 0.05) is 12.6 Å². The lowest BCUT2D eigenvalue weighted by Gasteiger charge is -2.37. The second-order valence-electron chi connectivity index (χ2n) is 7.61. The molecular weight excluding hydrogens is 294 g/mol. The van der Waals surface area contributed by atoms with Crippen LogP contribution in [0.2, 0.25) is 0 Å². The monoisotopic (exact) mass is 321 g/mol. The summed E-state index contributed by atoms with van der Waals surface area (Å²) in [5.74, 6) is 2.20. The highest BCUT2D eigenvalue weighted by molar-refractivity contribution is 7.89. The third-order valence-electron chi connectivity index (χ3n) is 5.52. The van der Waals surface area contributed by atoms with Gasteiger partial charge in [-0.05, 0) is 55.6 Å². The van der Waals surface area contributed by atoms with Gasteiger partial charge in [0.1, 0.15) is 0 Å². The average Bonchev–Trinajstić information content (AvgIpc) is 2.69. The molecule has 22 heavy (non-hydrogen) atoms. The van der Waals surface area contributed by atoms with Gasteiger partial charge < -0.3 is 0 Å². The van der Waals surface area contributed by atoms with Gasteiger partial charge in [0.2, 0.25) is 10.0 Å². The van der Waals surface area contributed by atoms with Crippen LogP contribution >= 0.6 is 0 Å². The number of sulfonamides is 1. The number of hydrogen-bond acceptors (Lipinski definition) is 2. The van der Waals surface area contributed by atoms with E-state index in [0.29, 0.717) is 35.1 Å². The summed E-state index contributed by atoms with van der Waals surface area (Å²) in [6, 6.07) is 7.46. The molecule has 1 saturated carbocycles. The Kier molecular flexibility index (Phi) is 4.11. The van der Waals surface area contributed by atoms with E-state index in [2.05, 4.69) is 20.8 Å². The van der Waals surface area contributed by atoms with Crippen molar-refractivity contribution in [2.45, 2.75) is 51.5 Å². The molecule has 1 saturated heterocycles. The molecule has 0 N–H and O–H groups in total. The topological polar surface area (TPSA) is 37.4 Å². The Labute approximate surface area is 134 Å². The average molecular weight is 321 g/mol. The molecule has 3 unspecified atom stereocenters. The highest BCUT2D eigenvalue weighted by Crippen LogP contribution is 2.48. The number of hydrogen-bond donors (Lipinski definition) is 0. The first kappa shape index (κ1) is 16.0. The van der Waals surface area contributed by atoms with Crippen molar-refractivity contribution in [2.24, 2.45) is 23.7 Å². The Balaban J connectivity index is 1.96. The van der Waals surface area contributed by atoms with Gasteiger partial charge in [-0.2, -0.15) is 4.31 Å². The van der Waals surface area contributed by atoms with Gasteiger partial charge in [-0.25, -0.2) is 8.42 Å². The van der Waals surface area contributed by atoms with E-state index in [9.17, 15) is 8.42 Å². The molecule has 1 aromatic rings. The molecule has 4 heteroatoms. The van der Waals surface area contributed by atoms with Crippen LogP contribution in [-0.4, -0.2) is 25.3 Å². The highest BCUT2D eigenvalue weighted by Gasteiger charge is 2.51. The molecule has 122 valence electrons. The summed E-state index contributed by atoms with van der Waals surface area (Å²) in [4.78, 5) is 0.445. The molecule has 0 amide bonds. The van der Waals surface area contributed by atoms with Crippen molar-refractivity contribution in [3.8, 4) is 0 Å². The molecule has 1 heterocycles. The molecule has 3 nitrogen and oxygen atoms in total. The number of rotatable bonds is 3. The van der Waals surface area contributed by atoms with Crippen LogP contribution < -0.4 is 0 Å². The summed E-state index contributed by atoms with van der Waals surface area (Å²) in [7, 11) is -3.37. The molecule has 2 fully saturated rings. The second kappa shape index (κ2) is 5.64. The summed E-state index contributed by atoms with van der Waals surface area (Å²) >= 11 is 0. The van der Waals surface area contributed by atoms with E-state index in [1.54, 1.807) is 12.1 Å². The van der Waals surface area contributed by atoms with E-state index >= 15 is 0 Å². The Morgan fingerprint density at radius 2 is 1.77 bits per heavy atom. The van der Waals surface area contributed by atoms with Crippen LogP contribution in [0.3, 0.4) is 0 Å². The van der Waals surface area contributed by atoms with Gasteiger partial charge in [-0.1, -0.05) is 38.5 Å². The van der Waals surface area contributed by atoms with E-state index in [1.807, 2.05) is 23.4 Å². The Hall–Kier alpha value is -0.870. The van der Waals surface area contributed by atoms with Crippen molar-refractivity contribution in [1.29, 1.82) is 0 Å². The van der Waals surface area contributed by atoms with Gasteiger partial charge >= 0.3 is 0 Å². The first-order valence-corrected chi connectivity index (χ1v) is 9.83. The molecule has 2 bridgehead atoms. The summed E-state index contributed by atoms with van der Waals surface area (Å²) in [6.45, 7) is 9.42. The van der Waals surface area contributed by atoms with Crippen LogP contribution in [0.4, 0.5) is 0 Å². The summed E-state index contributed by atoms with van der Waals surface area (Å²) in [5.41, 5.74) is 1.09. The van der Waals surface area contributed by atoms with Crippen molar-refractivity contribution >= 4 is 10.0 Å². The van der Waals surface area contributed by atoms with E-state index in [4.69, 9.17) is 0 Å². The molecule has 1 aromatic carbocycles. The molecule has 2 aliphatic rings. The molecular formula is C18H27NO2S. The molecule has 0 spiro atoms. The van der Waals surface area contributed by atoms with E-state index in [0.717, 1.165) is 12.0 Å². The summed E-state index contributed by atoms with van der Waals surface area (Å²) < 4.78 is 28.0. The lowest BCUT2D eigenvalue weighted by Crippen LogP contribution is -2.41. The van der Waals surface area contributed by atoms with E-state index in [-0.39, 0.29) is 6.04 Å². The van der Waals surface area contributed by atoms with Crippen LogP contribution in [0.1, 0.15) is 39.2 Å². The molecule has 4 atom stereocenters. The van der Waals surface area contributed by atoms with Gasteiger partial charge in [0.25, 0.3) is 0 Å². The van der Waals surface area contributed by atoms with Crippen LogP contribution in [-0.2, 0) is 10.0 Å². The minimum absolute atomic E-state index is 0.181. The standard InChI is InChI=1S/C18H27NO2S/c1-12(2)18-15-9-14(4)10-17(18)19(11-15)22(20,21)16-7-5-13(3)6-8-16/h5-8,12,14-15,17-18H,9-11H2,1-4H3/t14?,15?,17-,18?/m1/s1. The molecule has 1 aliphatic heterocycles. The zero-order valence-electron chi connectivity index (χ0n) is 14.0. The molecule has 1 aliphatic carbocycles. The van der Waals surface area contributed by atoms with Crippen molar-refractivity contribution in [2.75, 3.05) is 6.54 Å². The molecule has 3 rings (SSSR count). The predicted molar refractivity (Wildman–Crippen MR) is 89.1 cm³/mol. The second-order valence-corrected chi connectivity index (χ2v) is 9.50. The van der Waals surface area contributed by atoms with Crippen LogP contribution in [0, 0.1) is 30.6 Å². The quantitative estimate of drug-likeness (QED) is 0.851. The van der Waals surface area contributed by atoms with E-state index < -0.39 is 10.0 Å². The van der Waals surface area contributed by atoms with Gasteiger partial charge in [0.05, 0.1) is 4.90 Å².